The van der Waals surface area contributed by atoms with Gasteiger partial charge in [-0.25, -0.2) is 0 Å². The van der Waals surface area contributed by atoms with E-state index in [0.717, 1.165) is 18.7 Å². The van der Waals surface area contributed by atoms with Crippen molar-refractivity contribution in [3.05, 3.63) is 29.8 Å². The zero-order valence-electron chi connectivity index (χ0n) is 15.9. The zero-order valence-corrected chi connectivity index (χ0v) is 15.9. The van der Waals surface area contributed by atoms with Crippen LogP contribution in [0, 0.1) is 5.41 Å². The highest BCUT2D eigenvalue weighted by atomic mass is 16.5. The lowest BCUT2D eigenvalue weighted by Crippen LogP contribution is -2.38. The fourth-order valence-electron chi connectivity index (χ4n) is 2.98. The number of benzene rings is 1. The first kappa shape index (κ1) is 19.3. The van der Waals surface area contributed by atoms with Crippen LogP contribution in [0.25, 0.3) is 0 Å². The van der Waals surface area contributed by atoms with Crippen LogP contribution < -0.4 is 4.74 Å². The Morgan fingerprint density at radius 3 is 2.20 bits per heavy atom. The summed E-state index contributed by atoms with van der Waals surface area (Å²) >= 11 is 0. The van der Waals surface area contributed by atoms with E-state index < -0.39 is 0 Å². The normalized spacial score (nSPS) is 15.7. The molecule has 1 aliphatic heterocycles. The van der Waals surface area contributed by atoms with Crippen molar-refractivity contribution in [2.45, 2.75) is 40.5 Å². The molecule has 1 aliphatic rings. The number of amides is 2. The van der Waals surface area contributed by atoms with Gasteiger partial charge in [-0.15, -0.1) is 0 Å². The van der Waals surface area contributed by atoms with Crippen molar-refractivity contribution in [3.8, 4) is 5.75 Å². The molecule has 0 radical (unpaired) electrons. The summed E-state index contributed by atoms with van der Waals surface area (Å²) < 4.78 is 5.42. The number of nitrogens with zero attached hydrogens (tertiary/aromatic N) is 2. The van der Waals surface area contributed by atoms with Crippen LogP contribution in [0.1, 0.15) is 50.9 Å². The van der Waals surface area contributed by atoms with Crippen LogP contribution in [0.3, 0.4) is 0 Å². The van der Waals surface area contributed by atoms with Gasteiger partial charge in [0.2, 0.25) is 5.91 Å². The maximum absolute atomic E-state index is 12.7. The van der Waals surface area contributed by atoms with Gasteiger partial charge < -0.3 is 14.5 Å². The summed E-state index contributed by atoms with van der Waals surface area (Å²) in [5.41, 5.74) is 0.652. The van der Waals surface area contributed by atoms with Crippen molar-refractivity contribution in [1.82, 2.24) is 9.80 Å². The first-order chi connectivity index (χ1) is 11.8. The maximum atomic E-state index is 12.7. The highest BCUT2D eigenvalue weighted by Crippen LogP contribution is 2.21. The van der Waals surface area contributed by atoms with Gasteiger partial charge in [0.15, 0.2) is 0 Å². The van der Waals surface area contributed by atoms with Gasteiger partial charge in [-0.05, 0) is 43.0 Å². The fraction of sp³-hybridized carbons (Fsp3) is 0.600. The van der Waals surface area contributed by atoms with Crippen molar-refractivity contribution in [1.29, 1.82) is 0 Å². The predicted octanol–water partition coefficient (Wildman–Crippen LogP) is 3.20. The monoisotopic (exact) mass is 346 g/mol. The van der Waals surface area contributed by atoms with E-state index in [4.69, 9.17) is 4.74 Å². The minimum Gasteiger partial charge on any atom is -0.494 e. The molecule has 2 rings (SSSR count). The third kappa shape index (κ3) is 5.76. The lowest BCUT2D eigenvalue weighted by molar-refractivity contribution is -0.132. The molecule has 1 aromatic carbocycles. The Morgan fingerprint density at radius 2 is 1.60 bits per heavy atom. The molecule has 0 atom stereocenters. The Hall–Kier alpha value is -2.04. The van der Waals surface area contributed by atoms with Crippen molar-refractivity contribution >= 4 is 11.8 Å². The lowest BCUT2D eigenvalue weighted by atomic mass is 9.91. The van der Waals surface area contributed by atoms with Gasteiger partial charge in [0.1, 0.15) is 5.75 Å². The number of ether oxygens (including phenoxy) is 1. The minimum absolute atomic E-state index is 0.0127. The van der Waals surface area contributed by atoms with E-state index in [9.17, 15) is 9.59 Å². The van der Waals surface area contributed by atoms with E-state index in [1.807, 2.05) is 28.9 Å². The first-order valence-corrected chi connectivity index (χ1v) is 9.10. The van der Waals surface area contributed by atoms with Gasteiger partial charge in [0, 0.05) is 38.2 Å². The molecule has 1 aromatic rings. The van der Waals surface area contributed by atoms with Crippen LogP contribution >= 0.6 is 0 Å². The molecule has 5 heteroatoms. The summed E-state index contributed by atoms with van der Waals surface area (Å²) in [5.74, 6) is 0.977. The van der Waals surface area contributed by atoms with Crippen LogP contribution in [0.4, 0.5) is 0 Å². The Bertz CT molecular complexity index is 590. The molecule has 0 unspecified atom stereocenters. The van der Waals surface area contributed by atoms with E-state index in [1.54, 1.807) is 12.1 Å². The molecule has 25 heavy (non-hydrogen) atoms. The van der Waals surface area contributed by atoms with Gasteiger partial charge in [0.25, 0.3) is 5.91 Å². The van der Waals surface area contributed by atoms with Crippen LogP contribution in [-0.4, -0.2) is 54.4 Å². The minimum atomic E-state index is -0.0127. The Balaban J connectivity index is 1.95. The molecule has 0 saturated carbocycles. The molecule has 0 N–H and O–H groups in total. The topological polar surface area (TPSA) is 49.9 Å². The average molecular weight is 346 g/mol. The molecule has 5 nitrogen and oxygen atoms in total. The molecule has 1 fully saturated rings. The van der Waals surface area contributed by atoms with E-state index >= 15 is 0 Å². The quantitative estimate of drug-likeness (QED) is 0.841. The van der Waals surface area contributed by atoms with E-state index in [1.165, 1.54) is 0 Å². The smallest absolute Gasteiger partial charge is 0.253 e. The van der Waals surface area contributed by atoms with Crippen molar-refractivity contribution in [3.63, 3.8) is 0 Å². The van der Waals surface area contributed by atoms with Crippen LogP contribution in [0.5, 0.6) is 5.75 Å². The summed E-state index contributed by atoms with van der Waals surface area (Å²) in [7, 11) is 0. The zero-order chi connectivity index (χ0) is 18.4. The number of rotatable bonds is 4. The van der Waals surface area contributed by atoms with Gasteiger partial charge in [-0.3, -0.25) is 9.59 Å². The first-order valence-electron chi connectivity index (χ1n) is 9.10. The van der Waals surface area contributed by atoms with Gasteiger partial charge in [-0.2, -0.15) is 0 Å². The second-order valence-corrected chi connectivity index (χ2v) is 7.72. The number of hydrogen-bond donors (Lipinski definition) is 0. The summed E-state index contributed by atoms with van der Waals surface area (Å²) in [6, 6.07) is 7.27. The van der Waals surface area contributed by atoms with E-state index in [-0.39, 0.29) is 17.2 Å². The molecule has 0 bridgehead atoms. The highest BCUT2D eigenvalue weighted by Gasteiger charge is 2.25. The van der Waals surface area contributed by atoms with E-state index in [0.29, 0.717) is 38.2 Å². The molecule has 0 spiro atoms. The van der Waals surface area contributed by atoms with E-state index in [2.05, 4.69) is 20.8 Å². The molecular weight excluding hydrogens is 316 g/mol. The lowest BCUT2D eigenvalue weighted by Gasteiger charge is -2.25. The highest BCUT2D eigenvalue weighted by molar-refractivity contribution is 5.94. The largest absolute Gasteiger partial charge is 0.494 e. The molecule has 0 aliphatic carbocycles. The Morgan fingerprint density at radius 1 is 1.00 bits per heavy atom. The number of carbonyl (C=O) groups is 2. The second kappa shape index (κ2) is 8.37. The average Bonchev–Trinajstić information content (AvgIpc) is 2.80. The molecule has 1 heterocycles. The Labute approximate surface area is 150 Å². The predicted molar refractivity (Wildman–Crippen MR) is 98.8 cm³/mol. The number of carbonyl (C=O) groups excluding carboxylic acids is 2. The summed E-state index contributed by atoms with van der Waals surface area (Å²) in [6.45, 7) is 11.4. The van der Waals surface area contributed by atoms with Gasteiger partial charge >= 0.3 is 0 Å². The fourth-order valence-corrected chi connectivity index (χ4v) is 2.98. The molecular formula is C20H30N2O3. The van der Waals surface area contributed by atoms with Crippen LogP contribution in [0.2, 0.25) is 0 Å². The molecule has 138 valence electrons. The summed E-state index contributed by atoms with van der Waals surface area (Å²) in [5, 5.41) is 0. The summed E-state index contributed by atoms with van der Waals surface area (Å²) in [6.07, 6.45) is 1.36. The van der Waals surface area contributed by atoms with Crippen LogP contribution in [-0.2, 0) is 4.79 Å². The molecule has 0 aromatic heterocycles. The van der Waals surface area contributed by atoms with Crippen molar-refractivity contribution < 1.29 is 14.3 Å². The number of hydrogen-bond acceptors (Lipinski definition) is 3. The third-order valence-electron chi connectivity index (χ3n) is 4.23. The third-order valence-corrected chi connectivity index (χ3v) is 4.23. The SMILES string of the molecule is CCOc1ccc(C(=O)N2CCCN(C(=O)CC(C)(C)C)CC2)cc1. The van der Waals surface area contributed by atoms with Crippen molar-refractivity contribution in [2.75, 3.05) is 32.8 Å². The molecule has 1 saturated heterocycles. The van der Waals surface area contributed by atoms with Crippen molar-refractivity contribution in [2.24, 2.45) is 5.41 Å². The Kier molecular flexibility index (Phi) is 6.45. The summed E-state index contributed by atoms with van der Waals surface area (Å²) in [4.78, 5) is 28.9. The van der Waals surface area contributed by atoms with Crippen LogP contribution in [0.15, 0.2) is 24.3 Å². The second-order valence-electron chi connectivity index (χ2n) is 7.72. The molecule has 2 amide bonds. The maximum Gasteiger partial charge on any atom is 0.253 e. The standard InChI is InChI=1S/C20H30N2O3/c1-5-25-17-9-7-16(8-10-17)19(24)22-12-6-11-21(13-14-22)18(23)15-20(2,3)4/h7-10H,5-6,11-15H2,1-4H3. The van der Waals surface area contributed by atoms with Gasteiger partial charge in [-0.1, -0.05) is 20.8 Å². The van der Waals surface area contributed by atoms with Gasteiger partial charge in [0.05, 0.1) is 6.61 Å².